The normalized spacial score (nSPS) is 18.2. The Balaban J connectivity index is 0.00000301. The average Bonchev–Trinajstić information content (AvgIpc) is 2.53. The highest BCUT2D eigenvalue weighted by Crippen LogP contribution is 2.38. The van der Waals surface area contributed by atoms with Gasteiger partial charge in [0.05, 0.1) is 0 Å². The van der Waals surface area contributed by atoms with Gasteiger partial charge < -0.3 is 9.64 Å². The number of carbonyl (C=O) groups is 1. The molecule has 0 aromatic rings. The molecule has 0 unspecified atom stereocenters. The van der Waals surface area contributed by atoms with Crippen LogP contribution in [0.4, 0.5) is 9.18 Å². The van der Waals surface area contributed by atoms with Gasteiger partial charge in [0.15, 0.2) is 0 Å². The lowest BCUT2D eigenvalue weighted by atomic mass is 9.77. The van der Waals surface area contributed by atoms with E-state index >= 15 is 0 Å². The molecule has 0 aromatic carbocycles. The summed E-state index contributed by atoms with van der Waals surface area (Å²) in [6.07, 6.45) is 4.81. The second kappa shape index (κ2) is 9.75. The smallest absolute Gasteiger partial charge is 0.410 e. The monoisotopic (exact) mass is 365 g/mol. The van der Waals surface area contributed by atoms with E-state index < -0.39 is 5.60 Å². The van der Waals surface area contributed by atoms with Gasteiger partial charge in [0.1, 0.15) is 11.4 Å². The largest absolute Gasteiger partial charge is 0.444 e. The highest BCUT2D eigenvalue weighted by molar-refractivity contribution is 5.69. The van der Waals surface area contributed by atoms with E-state index in [2.05, 4.69) is 6.58 Å². The van der Waals surface area contributed by atoms with Crippen molar-refractivity contribution in [2.75, 3.05) is 13.1 Å². The van der Waals surface area contributed by atoms with Crippen molar-refractivity contribution in [3.05, 3.63) is 47.4 Å². The maximum absolute atomic E-state index is 14.6. The predicted octanol–water partition coefficient (Wildman–Crippen LogP) is 6.59. The summed E-state index contributed by atoms with van der Waals surface area (Å²) in [5, 5.41) is 0. The van der Waals surface area contributed by atoms with Crippen LogP contribution in [-0.2, 0) is 4.74 Å². The number of carbonyl (C=O) groups excluding carboxylic acids is 1. The van der Waals surface area contributed by atoms with Crippen LogP contribution in [-0.4, -0.2) is 29.7 Å². The summed E-state index contributed by atoms with van der Waals surface area (Å²) in [6.45, 7) is 21.6. The number of hydrogen-bond acceptors (Lipinski definition) is 2. The maximum Gasteiger partial charge on any atom is 0.410 e. The summed E-state index contributed by atoms with van der Waals surface area (Å²) in [7, 11) is 0. The molecule has 0 aliphatic carbocycles. The van der Waals surface area contributed by atoms with E-state index in [-0.39, 0.29) is 17.3 Å². The zero-order valence-corrected chi connectivity index (χ0v) is 18.0. The van der Waals surface area contributed by atoms with Gasteiger partial charge in [-0.15, -0.1) is 0 Å². The van der Waals surface area contributed by atoms with Crippen molar-refractivity contribution in [2.24, 2.45) is 5.41 Å². The van der Waals surface area contributed by atoms with Crippen LogP contribution in [0.15, 0.2) is 47.4 Å². The molecule has 0 spiro atoms. The van der Waals surface area contributed by atoms with E-state index in [1.165, 1.54) is 0 Å². The topological polar surface area (TPSA) is 29.5 Å². The van der Waals surface area contributed by atoms with Crippen LogP contribution in [0.1, 0.15) is 62.3 Å². The van der Waals surface area contributed by atoms with E-state index in [9.17, 15) is 9.18 Å². The predicted molar refractivity (Wildman–Crippen MR) is 109 cm³/mol. The highest BCUT2D eigenvalue weighted by Gasteiger charge is 2.35. The van der Waals surface area contributed by atoms with Gasteiger partial charge in [0, 0.05) is 18.5 Å². The molecule has 0 atom stereocenters. The molecule has 0 radical (unpaired) electrons. The third-order valence-electron chi connectivity index (χ3n) is 3.93. The molecule has 3 nitrogen and oxygen atoms in total. The van der Waals surface area contributed by atoms with E-state index in [1.54, 1.807) is 30.9 Å². The number of amides is 1. The van der Waals surface area contributed by atoms with Crippen molar-refractivity contribution in [3.8, 4) is 0 Å². The number of ether oxygens (including phenoxy) is 1. The summed E-state index contributed by atoms with van der Waals surface area (Å²) in [5.41, 5.74) is 1.20. The molecule has 1 aliphatic heterocycles. The van der Waals surface area contributed by atoms with Gasteiger partial charge in [-0.3, -0.25) is 0 Å². The van der Waals surface area contributed by atoms with Crippen molar-refractivity contribution in [1.29, 1.82) is 0 Å². The first-order valence-electron chi connectivity index (χ1n) is 9.24. The quantitative estimate of drug-likeness (QED) is 0.528. The summed E-state index contributed by atoms with van der Waals surface area (Å²) < 4.78 is 20.0. The van der Waals surface area contributed by atoms with Crippen molar-refractivity contribution in [1.82, 2.24) is 4.90 Å². The lowest BCUT2D eigenvalue weighted by Crippen LogP contribution is -2.45. The molecule has 0 fully saturated rings. The Hall–Kier alpha value is -1.84. The Morgan fingerprint density at radius 1 is 1.31 bits per heavy atom. The average molecular weight is 366 g/mol. The Morgan fingerprint density at radius 3 is 2.27 bits per heavy atom. The van der Waals surface area contributed by atoms with Gasteiger partial charge in [-0.25, -0.2) is 9.18 Å². The molecule has 0 bridgehead atoms. The second-order valence-electron chi connectivity index (χ2n) is 7.89. The van der Waals surface area contributed by atoms with Crippen LogP contribution in [0.2, 0.25) is 0 Å². The number of hydrogen-bond donors (Lipinski definition) is 0. The maximum atomic E-state index is 14.6. The molecule has 0 aromatic heterocycles. The zero-order valence-electron chi connectivity index (χ0n) is 18.0. The first-order valence-corrected chi connectivity index (χ1v) is 9.24. The van der Waals surface area contributed by atoms with Gasteiger partial charge in [0.2, 0.25) is 0 Å². The lowest BCUT2D eigenvalue weighted by Gasteiger charge is -2.39. The number of allylic oxidation sites excluding steroid dienone is 5. The molecule has 1 heterocycles. The fourth-order valence-corrected chi connectivity index (χ4v) is 2.89. The molecule has 0 saturated heterocycles. The molecule has 1 aliphatic rings. The Labute approximate surface area is 159 Å². The van der Waals surface area contributed by atoms with Gasteiger partial charge in [-0.1, -0.05) is 52.5 Å². The van der Waals surface area contributed by atoms with Crippen molar-refractivity contribution in [3.63, 3.8) is 0 Å². The molecule has 0 saturated carbocycles. The minimum absolute atomic E-state index is 0.236. The van der Waals surface area contributed by atoms with Crippen molar-refractivity contribution in [2.45, 2.75) is 67.9 Å². The first kappa shape index (κ1) is 24.2. The molecule has 26 heavy (non-hydrogen) atoms. The number of nitrogens with zero attached hydrogens (tertiary/aromatic N) is 1. The van der Waals surface area contributed by atoms with Crippen LogP contribution in [0.25, 0.3) is 0 Å². The molecule has 148 valence electrons. The van der Waals surface area contributed by atoms with Crippen LogP contribution in [0.5, 0.6) is 0 Å². The minimum atomic E-state index is -0.528. The SMILES string of the molecule is C=C/C=C(C)/C(F)=C(\C)C1=CCN(C(=O)OC(C)(C)C)CC1(C)C.CC. The van der Waals surface area contributed by atoms with Crippen LogP contribution in [0.3, 0.4) is 0 Å². The fourth-order valence-electron chi connectivity index (χ4n) is 2.89. The zero-order chi connectivity index (χ0) is 20.7. The van der Waals surface area contributed by atoms with E-state index in [4.69, 9.17) is 4.74 Å². The summed E-state index contributed by atoms with van der Waals surface area (Å²) in [4.78, 5) is 13.9. The van der Waals surface area contributed by atoms with E-state index in [1.807, 2.05) is 54.5 Å². The highest BCUT2D eigenvalue weighted by atomic mass is 19.1. The Bertz CT molecular complexity index is 604. The van der Waals surface area contributed by atoms with Crippen molar-refractivity contribution >= 4 is 6.09 Å². The molecule has 0 N–H and O–H groups in total. The number of rotatable bonds is 3. The lowest BCUT2D eigenvalue weighted by molar-refractivity contribution is 0.0206. The van der Waals surface area contributed by atoms with Crippen LogP contribution < -0.4 is 0 Å². The van der Waals surface area contributed by atoms with Gasteiger partial charge in [-0.2, -0.15) is 0 Å². The van der Waals surface area contributed by atoms with E-state index in [0.29, 0.717) is 24.2 Å². The standard InChI is InChI=1S/C20H30FNO2.C2H6/c1-9-10-14(2)17(21)15(3)16-11-12-22(13-20(16,7)8)18(23)24-19(4,5)6;1-2/h9-11H,1,12-13H2,2-8H3;1-2H3/b14-10+,17-15-;. The van der Waals surface area contributed by atoms with Crippen LogP contribution in [0, 0.1) is 5.41 Å². The summed E-state index contributed by atoms with van der Waals surface area (Å²) in [5.74, 6) is -0.236. The number of halogens is 1. The molecule has 1 rings (SSSR count). The van der Waals surface area contributed by atoms with Crippen LogP contribution >= 0.6 is 0 Å². The van der Waals surface area contributed by atoms with Gasteiger partial charge in [0.25, 0.3) is 0 Å². The fraction of sp³-hybridized carbons (Fsp3) is 0.591. The van der Waals surface area contributed by atoms with Crippen molar-refractivity contribution < 1.29 is 13.9 Å². The Morgan fingerprint density at radius 2 is 1.85 bits per heavy atom. The molecule has 1 amide bonds. The molecule has 4 heteroatoms. The first-order chi connectivity index (χ1) is 11.9. The molecular formula is C22H36FNO2. The Kier molecular flexibility index (Phi) is 9.06. The third-order valence-corrected chi connectivity index (χ3v) is 3.93. The second-order valence-corrected chi connectivity index (χ2v) is 7.89. The third kappa shape index (κ3) is 6.81. The van der Waals surface area contributed by atoms with Gasteiger partial charge >= 0.3 is 6.09 Å². The molecular weight excluding hydrogens is 329 g/mol. The minimum Gasteiger partial charge on any atom is -0.444 e. The summed E-state index contributed by atoms with van der Waals surface area (Å²) >= 11 is 0. The van der Waals surface area contributed by atoms with Gasteiger partial charge in [-0.05, 0) is 51.3 Å². The summed E-state index contributed by atoms with van der Waals surface area (Å²) in [6, 6.07) is 0. The van der Waals surface area contributed by atoms with E-state index in [0.717, 1.165) is 5.57 Å².